The van der Waals surface area contributed by atoms with Gasteiger partial charge in [-0.2, -0.15) is 10.1 Å². The molecule has 0 unspecified atom stereocenters. The summed E-state index contributed by atoms with van der Waals surface area (Å²) in [5.74, 6) is 0.628. The lowest BCUT2D eigenvalue weighted by atomic mass is 10.2. The van der Waals surface area contributed by atoms with Crippen molar-refractivity contribution in [2.24, 2.45) is 0 Å². The molecule has 0 saturated carbocycles. The van der Waals surface area contributed by atoms with E-state index in [1.165, 1.54) is 0 Å². The molecular weight excluding hydrogens is 358 g/mol. The van der Waals surface area contributed by atoms with Gasteiger partial charge in [-0.15, -0.1) is 0 Å². The average molecular weight is 383 g/mol. The van der Waals surface area contributed by atoms with Gasteiger partial charge in [0.1, 0.15) is 5.75 Å². The molecule has 2 heterocycles. The summed E-state index contributed by atoms with van der Waals surface area (Å²) in [4.78, 5) is 16.6. The molecule has 1 aromatic carbocycles. The maximum Gasteiger partial charge on any atom is 0.316 e. The number of carbonyl (C=O) groups excluding carboxylic acids is 1. The minimum atomic E-state index is -0.415. The lowest BCUT2D eigenvalue weighted by molar-refractivity contribution is 0.0907. The molecule has 0 radical (unpaired) electrons. The number of benzene rings is 1. The molecule has 0 atom stereocenters. The van der Waals surface area contributed by atoms with E-state index >= 15 is 0 Å². The summed E-state index contributed by atoms with van der Waals surface area (Å²) in [5.41, 5.74) is 3.68. The molecule has 0 aliphatic carbocycles. The lowest BCUT2D eigenvalue weighted by Gasteiger charge is -2.09. The van der Waals surface area contributed by atoms with Crippen molar-refractivity contribution in [2.75, 3.05) is 0 Å². The van der Waals surface area contributed by atoms with Gasteiger partial charge in [0.15, 0.2) is 0 Å². The summed E-state index contributed by atoms with van der Waals surface area (Å²) in [6.45, 7) is 11.0. The van der Waals surface area contributed by atoms with E-state index in [9.17, 15) is 4.79 Å². The minimum Gasteiger partial charge on any atom is -0.491 e. The number of aryl methyl sites for hydroxylation is 2. The number of amides is 1. The van der Waals surface area contributed by atoms with Crippen LogP contribution in [0.15, 0.2) is 28.8 Å². The molecule has 1 N–H and O–H groups in total. The van der Waals surface area contributed by atoms with Crippen LogP contribution in [0.25, 0.3) is 11.4 Å². The fourth-order valence-electron chi connectivity index (χ4n) is 2.93. The zero-order chi connectivity index (χ0) is 20.3. The Kier molecular flexibility index (Phi) is 5.77. The molecule has 0 fully saturated rings. The highest BCUT2D eigenvalue weighted by molar-refractivity contribution is 5.89. The molecule has 8 heteroatoms. The molecule has 8 nitrogen and oxygen atoms in total. The molecule has 2 aromatic heterocycles. The van der Waals surface area contributed by atoms with Crippen LogP contribution in [0.4, 0.5) is 0 Å². The highest BCUT2D eigenvalue weighted by Gasteiger charge is 2.18. The summed E-state index contributed by atoms with van der Waals surface area (Å²) >= 11 is 0. The van der Waals surface area contributed by atoms with E-state index in [0.29, 0.717) is 12.4 Å². The Morgan fingerprint density at radius 1 is 1.25 bits per heavy atom. The van der Waals surface area contributed by atoms with Gasteiger partial charge in [0, 0.05) is 29.9 Å². The number of ether oxygens (including phenoxy) is 1. The Labute approximate surface area is 163 Å². The quantitative estimate of drug-likeness (QED) is 0.673. The smallest absolute Gasteiger partial charge is 0.316 e. The van der Waals surface area contributed by atoms with Gasteiger partial charge < -0.3 is 14.6 Å². The molecule has 0 bridgehead atoms. The third-order valence-electron chi connectivity index (χ3n) is 4.36. The van der Waals surface area contributed by atoms with Crippen LogP contribution in [-0.2, 0) is 13.1 Å². The normalized spacial score (nSPS) is 11.1. The molecule has 3 rings (SSSR count). The fraction of sp³-hybridized carbons (Fsp3) is 0.400. The number of nitrogens with zero attached hydrogens (tertiary/aromatic N) is 4. The molecule has 0 saturated heterocycles. The second-order valence-electron chi connectivity index (χ2n) is 6.76. The predicted octanol–water partition coefficient (Wildman–Crippen LogP) is 3.29. The van der Waals surface area contributed by atoms with Crippen molar-refractivity contribution in [1.82, 2.24) is 25.2 Å². The summed E-state index contributed by atoms with van der Waals surface area (Å²) < 4.78 is 12.7. The third-order valence-corrected chi connectivity index (χ3v) is 4.36. The number of nitrogens with one attached hydrogen (secondary N) is 1. The Balaban J connectivity index is 1.66. The Morgan fingerprint density at radius 3 is 2.57 bits per heavy atom. The first-order chi connectivity index (χ1) is 13.4. The molecule has 0 spiro atoms. The van der Waals surface area contributed by atoms with Crippen LogP contribution in [0.2, 0.25) is 0 Å². The number of rotatable bonds is 7. The average Bonchev–Trinajstić information content (AvgIpc) is 3.25. The van der Waals surface area contributed by atoms with E-state index in [1.807, 2.05) is 63.6 Å². The zero-order valence-corrected chi connectivity index (χ0v) is 16.8. The number of hydrogen-bond donors (Lipinski definition) is 1. The van der Waals surface area contributed by atoms with Gasteiger partial charge >= 0.3 is 11.8 Å². The van der Waals surface area contributed by atoms with Gasteiger partial charge in [0.05, 0.1) is 11.8 Å². The van der Waals surface area contributed by atoms with Gasteiger partial charge in [-0.1, -0.05) is 5.16 Å². The zero-order valence-electron chi connectivity index (χ0n) is 16.8. The van der Waals surface area contributed by atoms with E-state index in [4.69, 9.17) is 9.26 Å². The van der Waals surface area contributed by atoms with Crippen LogP contribution in [0, 0.1) is 13.8 Å². The van der Waals surface area contributed by atoms with Crippen molar-refractivity contribution in [1.29, 1.82) is 0 Å². The maximum atomic E-state index is 12.4. The van der Waals surface area contributed by atoms with Crippen molar-refractivity contribution >= 4 is 5.91 Å². The van der Waals surface area contributed by atoms with Crippen LogP contribution in [-0.4, -0.2) is 31.9 Å². The van der Waals surface area contributed by atoms with Crippen molar-refractivity contribution < 1.29 is 14.1 Å². The largest absolute Gasteiger partial charge is 0.491 e. The topological polar surface area (TPSA) is 95.1 Å². The van der Waals surface area contributed by atoms with Crippen molar-refractivity contribution in [2.45, 2.75) is 53.8 Å². The van der Waals surface area contributed by atoms with Crippen LogP contribution in [0.1, 0.15) is 48.4 Å². The van der Waals surface area contributed by atoms with E-state index in [1.54, 1.807) is 0 Å². The first-order valence-electron chi connectivity index (χ1n) is 9.31. The van der Waals surface area contributed by atoms with Crippen LogP contribution >= 0.6 is 0 Å². The highest BCUT2D eigenvalue weighted by Crippen LogP contribution is 2.21. The number of hydrogen-bond acceptors (Lipinski definition) is 6. The summed E-state index contributed by atoms with van der Waals surface area (Å²) in [6.07, 6.45) is 0.100. The van der Waals surface area contributed by atoms with Crippen molar-refractivity contribution in [3.8, 4) is 17.1 Å². The molecular formula is C20H25N5O3. The van der Waals surface area contributed by atoms with Crippen molar-refractivity contribution in [3.05, 3.63) is 47.1 Å². The standard InChI is InChI=1S/C20H25N5O3/c1-6-25-14(5)17(13(4)23-25)11-21-19(26)20-22-18(24-28-20)15-7-9-16(10-8-15)27-12(2)3/h7-10,12H,6,11H2,1-5H3,(H,21,26). The van der Waals surface area contributed by atoms with Gasteiger partial charge in [0.2, 0.25) is 5.82 Å². The van der Waals surface area contributed by atoms with Gasteiger partial charge in [-0.05, 0) is 58.9 Å². The van der Waals surface area contributed by atoms with E-state index in [-0.39, 0.29) is 12.0 Å². The summed E-state index contributed by atoms with van der Waals surface area (Å²) in [5, 5.41) is 11.2. The second kappa shape index (κ2) is 8.24. The highest BCUT2D eigenvalue weighted by atomic mass is 16.5. The molecule has 28 heavy (non-hydrogen) atoms. The minimum absolute atomic E-state index is 0.0734. The Bertz CT molecular complexity index is 957. The first-order valence-corrected chi connectivity index (χ1v) is 9.31. The van der Waals surface area contributed by atoms with Gasteiger partial charge in [-0.25, -0.2) is 0 Å². The molecule has 148 valence electrons. The van der Waals surface area contributed by atoms with Gasteiger partial charge in [-0.3, -0.25) is 9.48 Å². The predicted molar refractivity (Wildman–Crippen MR) is 104 cm³/mol. The fourth-order valence-corrected chi connectivity index (χ4v) is 2.93. The molecule has 0 aliphatic rings. The lowest BCUT2D eigenvalue weighted by Crippen LogP contribution is -2.23. The Hall–Kier alpha value is -3.16. The maximum absolute atomic E-state index is 12.4. The first kappa shape index (κ1) is 19.6. The van der Waals surface area contributed by atoms with Crippen LogP contribution in [0.3, 0.4) is 0 Å². The molecule has 0 aliphatic heterocycles. The summed E-state index contributed by atoms with van der Waals surface area (Å²) in [6, 6.07) is 7.33. The van der Waals surface area contributed by atoms with Crippen LogP contribution in [0.5, 0.6) is 5.75 Å². The number of aromatic nitrogens is 4. The molecule has 1 amide bonds. The van der Waals surface area contributed by atoms with Crippen LogP contribution < -0.4 is 10.1 Å². The number of carbonyl (C=O) groups is 1. The van der Waals surface area contributed by atoms with E-state index in [0.717, 1.165) is 34.8 Å². The van der Waals surface area contributed by atoms with E-state index in [2.05, 4.69) is 20.6 Å². The Morgan fingerprint density at radius 2 is 1.96 bits per heavy atom. The monoisotopic (exact) mass is 383 g/mol. The van der Waals surface area contributed by atoms with Gasteiger partial charge in [0.25, 0.3) is 0 Å². The second-order valence-corrected chi connectivity index (χ2v) is 6.76. The SMILES string of the molecule is CCn1nc(C)c(CNC(=O)c2nc(-c3ccc(OC(C)C)cc3)no2)c1C. The molecule has 3 aromatic rings. The third kappa shape index (κ3) is 4.21. The van der Waals surface area contributed by atoms with E-state index < -0.39 is 5.91 Å². The van der Waals surface area contributed by atoms with Crippen molar-refractivity contribution in [3.63, 3.8) is 0 Å². The summed E-state index contributed by atoms with van der Waals surface area (Å²) in [7, 11) is 0.